The molecule has 3 aromatic rings. The van der Waals surface area contributed by atoms with Crippen LogP contribution in [0, 0.1) is 5.82 Å². The molecular weight excluding hydrogens is 433 g/mol. The molecule has 1 fully saturated rings. The summed E-state index contributed by atoms with van der Waals surface area (Å²) in [5.74, 6) is 1.72. The van der Waals surface area contributed by atoms with Crippen molar-refractivity contribution in [1.82, 2.24) is 10.1 Å². The van der Waals surface area contributed by atoms with Crippen LogP contribution in [0.25, 0.3) is 11.1 Å². The van der Waals surface area contributed by atoms with Gasteiger partial charge in [-0.15, -0.1) is 11.8 Å². The van der Waals surface area contributed by atoms with Crippen molar-refractivity contribution in [3.63, 3.8) is 0 Å². The number of anilines is 1. The van der Waals surface area contributed by atoms with Gasteiger partial charge in [0.25, 0.3) is 0 Å². The SMILES string of the molecule is CC(=O)CC[C@H]1CN(c2ccc(-c3ccc(CSCc4ncon4)cc3)c(F)c2)C(=O)O1. The fraction of sp³-hybridized carbons (Fsp3) is 0.304. The minimum absolute atomic E-state index is 0.0477. The van der Waals surface area contributed by atoms with E-state index in [1.165, 1.54) is 24.3 Å². The predicted molar refractivity (Wildman–Crippen MR) is 119 cm³/mol. The topological polar surface area (TPSA) is 85.5 Å². The first-order valence-corrected chi connectivity index (χ1v) is 11.3. The lowest BCUT2D eigenvalue weighted by molar-refractivity contribution is -0.117. The molecule has 1 aliphatic rings. The maximum atomic E-state index is 14.9. The van der Waals surface area contributed by atoms with Crippen LogP contribution in [0.2, 0.25) is 0 Å². The molecule has 0 saturated carbocycles. The smallest absolute Gasteiger partial charge is 0.414 e. The van der Waals surface area contributed by atoms with Gasteiger partial charge < -0.3 is 14.1 Å². The number of amides is 1. The van der Waals surface area contributed by atoms with Gasteiger partial charge >= 0.3 is 6.09 Å². The number of thioether (sulfide) groups is 1. The van der Waals surface area contributed by atoms with Crippen molar-refractivity contribution in [2.24, 2.45) is 0 Å². The van der Waals surface area contributed by atoms with Crippen LogP contribution < -0.4 is 4.90 Å². The zero-order valence-electron chi connectivity index (χ0n) is 17.5. The maximum absolute atomic E-state index is 14.9. The van der Waals surface area contributed by atoms with Gasteiger partial charge in [-0.05, 0) is 42.7 Å². The number of carbonyl (C=O) groups is 2. The van der Waals surface area contributed by atoms with Crippen LogP contribution in [0.15, 0.2) is 53.4 Å². The molecule has 1 saturated heterocycles. The number of hydrogen-bond acceptors (Lipinski definition) is 7. The van der Waals surface area contributed by atoms with Gasteiger partial charge in [0.1, 0.15) is 17.7 Å². The number of cyclic esters (lactones) is 1. The number of carbonyl (C=O) groups excluding carboxylic acids is 2. The molecule has 9 heteroatoms. The molecule has 1 atom stereocenters. The molecule has 2 aromatic carbocycles. The second kappa shape index (κ2) is 9.95. The van der Waals surface area contributed by atoms with E-state index in [4.69, 9.17) is 9.26 Å². The van der Waals surface area contributed by atoms with E-state index < -0.39 is 11.9 Å². The first-order chi connectivity index (χ1) is 15.5. The van der Waals surface area contributed by atoms with Gasteiger partial charge in [0, 0.05) is 17.7 Å². The average molecular weight is 456 g/mol. The molecule has 7 nitrogen and oxygen atoms in total. The van der Waals surface area contributed by atoms with Crippen molar-refractivity contribution in [2.45, 2.75) is 37.4 Å². The number of halogens is 1. The molecule has 1 aromatic heterocycles. The number of ketones is 1. The van der Waals surface area contributed by atoms with E-state index >= 15 is 0 Å². The summed E-state index contributed by atoms with van der Waals surface area (Å²) in [6, 6.07) is 12.4. The minimum Gasteiger partial charge on any atom is -0.444 e. The van der Waals surface area contributed by atoms with Crippen molar-refractivity contribution in [1.29, 1.82) is 0 Å². The lowest BCUT2D eigenvalue weighted by atomic mass is 10.0. The summed E-state index contributed by atoms with van der Waals surface area (Å²) in [4.78, 5) is 28.7. The van der Waals surface area contributed by atoms with Crippen molar-refractivity contribution < 1.29 is 23.2 Å². The first-order valence-electron chi connectivity index (χ1n) is 10.2. The zero-order valence-corrected chi connectivity index (χ0v) is 18.3. The number of ether oxygens (including phenoxy) is 1. The second-order valence-corrected chi connectivity index (χ2v) is 8.54. The van der Waals surface area contributed by atoms with Gasteiger partial charge in [0.15, 0.2) is 5.82 Å². The van der Waals surface area contributed by atoms with Gasteiger partial charge in [-0.2, -0.15) is 4.98 Å². The molecule has 0 radical (unpaired) electrons. The molecule has 2 heterocycles. The molecule has 1 aliphatic heterocycles. The van der Waals surface area contributed by atoms with Crippen LogP contribution in [0.3, 0.4) is 0 Å². The molecule has 166 valence electrons. The van der Waals surface area contributed by atoms with E-state index in [9.17, 15) is 14.0 Å². The van der Waals surface area contributed by atoms with Crippen LogP contribution >= 0.6 is 11.8 Å². The van der Waals surface area contributed by atoms with Crippen LogP contribution in [0.1, 0.15) is 31.2 Å². The number of benzene rings is 2. The van der Waals surface area contributed by atoms with Gasteiger partial charge in [0.05, 0.1) is 18.0 Å². The average Bonchev–Trinajstić information content (AvgIpc) is 3.42. The summed E-state index contributed by atoms with van der Waals surface area (Å²) in [5, 5.41) is 3.78. The summed E-state index contributed by atoms with van der Waals surface area (Å²) in [6.07, 6.45) is 1.25. The number of Topliss-reactive ketones (excluding diaryl/α,β-unsaturated/α-hetero) is 1. The number of hydrogen-bond donors (Lipinski definition) is 0. The Labute approximate surface area is 188 Å². The summed E-state index contributed by atoms with van der Waals surface area (Å²) in [6.45, 7) is 1.81. The standard InChI is InChI=1S/C23H22FN3O4S/c1-15(28)2-8-19-11-27(23(29)31-19)18-7-9-20(21(24)10-18)17-5-3-16(4-6-17)12-32-13-22-25-14-30-26-22/h3-7,9-10,14,19H,2,8,11-13H2,1H3/t19-/m0/s1. The Hall–Kier alpha value is -3.20. The molecule has 0 spiro atoms. The highest BCUT2D eigenvalue weighted by Crippen LogP contribution is 2.30. The Morgan fingerprint density at radius 2 is 2.03 bits per heavy atom. The third kappa shape index (κ3) is 5.34. The molecule has 0 aliphatic carbocycles. The zero-order chi connectivity index (χ0) is 22.5. The molecule has 0 N–H and O–H groups in total. The Kier molecular flexibility index (Phi) is 6.84. The number of rotatable bonds is 9. The van der Waals surface area contributed by atoms with Crippen LogP contribution in [-0.2, 0) is 21.0 Å². The van der Waals surface area contributed by atoms with Crippen molar-refractivity contribution in [3.8, 4) is 11.1 Å². The van der Waals surface area contributed by atoms with Crippen LogP contribution in [0.5, 0.6) is 0 Å². The lowest BCUT2D eigenvalue weighted by Crippen LogP contribution is -2.24. The monoisotopic (exact) mass is 455 g/mol. The van der Waals surface area contributed by atoms with Crippen molar-refractivity contribution >= 4 is 29.3 Å². The van der Waals surface area contributed by atoms with E-state index in [1.807, 2.05) is 24.3 Å². The largest absolute Gasteiger partial charge is 0.444 e. The Bertz CT molecular complexity index is 1090. The fourth-order valence-electron chi connectivity index (χ4n) is 3.45. The van der Waals surface area contributed by atoms with E-state index in [0.717, 1.165) is 16.9 Å². The normalized spacial score (nSPS) is 15.8. The maximum Gasteiger partial charge on any atom is 0.414 e. The van der Waals surface area contributed by atoms with Gasteiger partial charge in [-0.3, -0.25) is 4.90 Å². The third-order valence-corrected chi connectivity index (χ3v) is 6.13. The molecule has 0 unspecified atom stereocenters. The lowest BCUT2D eigenvalue weighted by Gasteiger charge is -2.14. The highest BCUT2D eigenvalue weighted by Gasteiger charge is 2.32. The van der Waals surface area contributed by atoms with Crippen molar-refractivity contribution in [3.05, 3.63) is 66.1 Å². The quantitative estimate of drug-likeness (QED) is 0.449. The second-order valence-electron chi connectivity index (χ2n) is 7.56. The summed E-state index contributed by atoms with van der Waals surface area (Å²) in [7, 11) is 0. The number of nitrogens with zero attached hydrogens (tertiary/aromatic N) is 3. The first kappa shape index (κ1) is 22.0. The van der Waals surface area contributed by atoms with E-state index in [1.54, 1.807) is 23.9 Å². The van der Waals surface area contributed by atoms with Crippen molar-refractivity contribution in [2.75, 3.05) is 11.4 Å². The van der Waals surface area contributed by atoms with E-state index in [0.29, 0.717) is 42.2 Å². The third-order valence-electron chi connectivity index (χ3n) is 5.13. The molecule has 32 heavy (non-hydrogen) atoms. The molecule has 1 amide bonds. The van der Waals surface area contributed by atoms with Crippen LogP contribution in [-0.4, -0.2) is 34.7 Å². The molecule has 4 rings (SSSR count). The van der Waals surface area contributed by atoms with E-state index in [-0.39, 0.29) is 11.9 Å². The highest BCUT2D eigenvalue weighted by atomic mass is 32.2. The minimum atomic E-state index is -0.520. The Morgan fingerprint density at radius 3 is 2.72 bits per heavy atom. The number of aromatic nitrogens is 2. The van der Waals surface area contributed by atoms with Gasteiger partial charge in [-0.1, -0.05) is 29.4 Å². The predicted octanol–water partition coefficient (Wildman–Crippen LogP) is 5.00. The summed E-state index contributed by atoms with van der Waals surface area (Å²) >= 11 is 1.66. The fourth-order valence-corrected chi connectivity index (χ4v) is 4.29. The molecule has 0 bridgehead atoms. The van der Waals surface area contributed by atoms with E-state index in [2.05, 4.69) is 10.1 Å². The summed E-state index contributed by atoms with van der Waals surface area (Å²) < 4.78 is 24.9. The molecular formula is C23H22FN3O4S. The highest BCUT2D eigenvalue weighted by molar-refractivity contribution is 7.97. The van der Waals surface area contributed by atoms with Gasteiger partial charge in [0.2, 0.25) is 6.39 Å². The Balaban J connectivity index is 1.38. The Morgan fingerprint density at radius 1 is 1.22 bits per heavy atom. The van der Waals surface area contributed by atoms with Gasteiger partial charge in [-0.25, -0.2) is 9.18 Å². The van der Waals surface area contributed by atoms with Crippen LogP contribution in [0.4, 0.5) is 14.9 Å². The summed E-state index contributed by atoms with van der Waals surface area (Å²) in [5.41, 5.74) is 2.76.